The summed E-state index contributed by atoms with van der Waals surface area (Å²) in [7, 11) is -2.45. The molecule has 1 aliphatic rings. The van der Waals surface area contributed by atoms with Crippen LogP contribution >= 0.6 is 23.2 Å². The standard InChI is InChI=1S/C21H24Cl2N2O5S/c1-12-7-18(19(29-4)9-17(12)23)24-21(26)15-5-6-16(22)20(8-15)31(27,28)25-10-13(2)30-14(3)11-25/h5-9,13-14H,10-11H2,1-4H3,(H,24,26). The van der Waals surface area contributed by atoms with Crippen LogP contribution < -0.4 is 10.1 Å². The number of hydrogen-bond donors (Lipinski definition) is 1. The summed E-state index contributed by atoms with van der Waals surface area (Å²) in [6.45, 7) is 5.84. The molecule has 0 radical (unpaired) electrons. The van der Waals surface area contributed by atoms with Crippen molar-refractivity contribution in [2.24, 2.45) is 0 Å². The molecule has 1 amide bonds. The maximum Gasteiger partial charge on any atom is 0.255 e. The van der Waals surface area contributed by atoms with Crippen molar-refractivity contribution in [3.63, 3.8) is 0 Å². The Bertz CT molecular complexity index is 1100. The molecule has 1 saturated heterocycles. The van der Waals surface area contributed by atoms with Gasteiger partial charge >= 0.3 is 0 Å². The molecule has 1 heterocycles. The number of halogens is 2. The second kappa shape index (κ2) is 9.34. The topological polar surface area (TPSA) is 84.9 Å². The first kappa shape index (κ1) is 23.8. The number of nitrogens with zero attached hydrogens (tertiary/aromatic N) is 1. The first-order valence-electron chi connectivity index (χ1n) is 9.63. The zero-order valence-electron chi connectivity index (χ0n) is 17.6. The Labute approximate surface area is 192 Å². The van der Waals surface area contributed by atoms with E-state index in [1.807, 2.05) is 13.8 Å². The van der Waals surface area contributed by atoms with E-state index in [-0.39, 0.29) is 40.8 Å². The minimum absolute atomic E-state index is 0.0447. The second-order valence-corrected chi connectivity index (χ2v) is 10.2. The summed E-state index contributed by atoms with van der Waals surface area (Å²) >= 11 is 12.3. The van der Waals surface area contributed by atoms with Gasteiger partial charge in [0, 0.05) is 29.7 Å². The summed E-state index contributed by atoms with van der Waals surface area (Å²) in [5, 5.41) is 3.29. The molecule has 10 heteroatoms. The van der Waals surface area contributed by atoms with Crippen LogP contribution in [0.2, 0.25) is 10.0 Å². The molecular weight excluding hydrogens is 463 g/mol. The van der Waals surface area contributed by atoms with Crippen LogP contribution in [0.15, 0.2) is 35.2 Å². The molecule has 2 aromatic carbocycles. The summed E-state index contributed by atoms with van der Waals surface area (Å²) in [6, 6.07) is 7.44. The number of nitrogens with one attached hydrogen (secondary N) is 1. The minimum atomic E-state index is -3.91. The predicted octanol–water partition coefficient (Wildman–Crippen LogP) is 4.36. The fraction of sp³-hybridized carbons (Fsp3) is 0.381. The highest BCUT2D eigenvalue weighted by Crippen LogP contribution is 2.32. The highest BCUT2D eigenvalue weighted by atomic mass is 35.5. The van der Waals surface area contributed by atoms with Gasteiger partial charge < -0.3 is 14.8 Å². The Morgan fingerprint density at radius 1 is 1.13 bits per heavy atom. The minimum Gasteiger partial charge on any atom is -0.495 e. The molecule has 0 saturated carbocycles. The lowest BCUT2D eigenvalue weighted by atomic mass is 10.1. The number of methoxy groups -OCH3 is 1. The number of carbonyl (C=O) groups excluding carboxylic acids is 1. The average molecular weight is 487 g/mol. The molecular formula is C21H24Cl2N2O5S. The van der Waals surface area contributed by atoms with Gasteiger partial charge in [-0.1, -0.05) is 23.2 Å². The van der Waals surface area contributed by atoms with E-state index >= 15 is 0 Å². The zero-order valence-corrected chi connectivity index (χ0v) is 19.9. The van der Waals surface area contributed by atoms with Gasteiger partial charge in [-0.3, -0.25) is 4.79 Å². The number of amides is 1. The number of carbonyl (C=O) groups is 1. The molecule has 0 bridgehead atoms. The summed E-state index contributed by atoms with van der Waals surface area (Å²) in [5.74, 6) is -0.112. The van der Waals surface area contributed by atoms with Gasteiger partial charge in [-0.05, 0) is 50.6 Å². The number of rotatable bonds is 5. The lowest BCUT2D eigenvalue weighted by Gasteiger charge is -2.34. The van der Waals surface area contributed by atoms with Gasteiger partial charge in [0.1, 0.15) is 10.6 Å². The molecule has 31 heavy (non-hydrogen) atoms. The lowest BCUT2D eigenvalue weighted by Crippen LogP contribution is -2.48. The highest BCUT2D eigenvalue weighted by Gasteiger charge is 2.34. The molecule has 2 aromatic rings. The Hall–Kier alpha value is -1.84. The molecule has 7 nitrogen and oxygen atoms in total. The van der Waals surface area contributed by atoms with Crippen molar-refractivity contribution in [3.05, 3.63) is 51.5 Å². The summed E-state index contributed by atoms with van der Waals surface area (Å²) in [5.41, 5.74) is 1.32. The van der Waals surface area contributed by atoms with E-state index in [0.717, 1.165) is 5.56 Å². The van der Waals surface area contributed by atoms with Crippen molar-refractivity contribution >= 4 is 44.8 Å². The summed E-state index contributed by atoms with van der Waals surface area (Å²) < 4.78 is 38.7. The summed E-state index contributed by atoms with van der Waals surface area (Å²) in [4.78, 5) is 12.8. The first-order valence-corrected chi connectivity index (χ1v) is 11.8. The van der Waals surface area contributed by atoms with Crippen LogP contribution in [0.4, 0.5) is 5.69 Å². The van der Waals surface area contributed by atoms with E-state index < -0.39 is 15.9 Å². The number of ether oxygens (including phenoxy) is 2. The van der Waals surface area contributed by atoms with Crippen LogP contribution in [-0.4, -0.2) is 51.0 Å². The smallest absolute Gasteiger partial charge is 0.255 e. The van der Waals surface area contributed by atoms with Gasteiger partial charge in [-0.2, -0.15) is 4.31 Å². The van der Waals surface area contributed by atoms with Crippen molar-refractivity contribution in [2.45, 2.75) is 37.9 Å². The Kier molecular flexibility index (Phi) is 7.18. The number of sulfonamides is 1. The molecule has 2 atom stereocenters. The third kappa shape index (κ3) is 5.15. The zero-order chi connectivity index (χ0) is 22.9. The first-order chi connectivity index (χ1) is 14.5. The molecule has 168 valence electrons. The number of benzene rings is 2. The molecule has 1 aliphatic heterocycles. The molecule has 2 unspecified atom stereocenters. The van der Waals surface area contributed by atoms with Crippen LogP contribution in [0.25, 0.3) is 0 Å². The maximum atomic E-state index is 13.2. The van der Waals surface area contributed by atoms with Crippen LogP contribution in [0.3, 0.4) is 0 Å². The summed E-state index contributed by atoms with van der Waals surface area (Å²) in [6.07, 6.45) is -0.492. The van der Waals surface area contributed by atoms with Crippen LogP contribution in [0.5, 0.6) is 5.75 Å². The van der Waals surface area contributed by atoms with Crippen molar-refractivity contribution in [2.75, 3.05) is 25.5 Å². The van der Waals surface area contributed by atoms with E-state index in [0.29, 0.717) is 16.5 Å². The van der Waals surface area contributed by atoms with E-state index in [2.05, 4.69) is 5.32 Å². The van der Waals surface area contributed by atoms with Crippen LogP contribution in [0, 0.1) is 6.92 Å². The molecule has 1 fully saturated rings. The van der Waals surface area contributed by atoms with Crippen molar-refractivity contribution in [3.8, 4) is 5.75 Å². The van der Waals surface area contributed by atoms with Crippen LogP contribution in [-0.2, 0) is 14.8 Å². The Balaban J connectivity index is 1.92. The third-order valence-electron chi connectivity index (χ3n) is 4.93. The van der Waals surface area contributed by atoms with Gasteiger partial charge in [-0.25, -0.2) is 8.42 Å². The van der Waals surface area contributed by atoms with E-state index in [1.54, 1.807) is 19.1 Å². The van der Waals surface area contributed by atoms with E-state index in [9.17, 15) is 13.2 Å². The SMILES string of the molecule is COc1cc(Cl)c(C)cc1NC(=O)c1ccc(Cl)c(S(=O)(=O)N2CC(C)OC(C)C2)c1. The molecule has 0 spiro atoms. The Morgan fingerprint density at radius 3 is 2.39 bits per heavy atom. The van der Waals surface area contributed by atoms with Gasteiger partial charge in [0.15, 0.2) is 0 Å². The fourth-order valence-corrected chi connectivity index (χ4v) is 5.68. The fourth-order valence-electron chi connectivity index (χ4n) is 3.43. The van der Waals surface area contributed by atoms with Crippen LogP contribution in [0.1, 0.15) is 29.8 Å². The molecule has 3 rings (SSSR count). The second-order valence-electron chi connectivity index (χ2n) is 7.48. The van der Waals surface area contributed by atoms with Crippen molar-refractivity contribution < 1.29 is 22.7 Å². The van der Waals surface area contributed by atoms with Gasteiger partial charge in [-0.15, -0.1) is 0 Å². The van der Waals surface area contributed by atoms with E-state index in [4.69, 9.17) is 32.7 Å². The van der Waals surface area contributed by atoms with E-state index in [1.165, 1.54) is 29.6 Å². The molecule has 0 aromatic heterocycles. The van der Waals surface area contributed by atoms with Gasteiger partial charge in [0.25, 0.3) is 5.91 Å². The number of anilines is 1. The van der Waals surface area contributed by atoms with Gasteiger partial charge in [0.05, 0.1) is 30.0 Å². The molecule has 0 aliphatic carbocycles. The number of aryl methyl sites for hydroxylation is 1. The van der Waals surface area contributed by atoms with Crippen molar-refractivity contribution in [1.82, 2.24) is 4.31 Å². The molecule has 1 N–H and O–H groups in total. The lowest BCUT2D eigenvalue weighted by molar-refractivity contribution is -0.0440. The number of hydrogen-bond acceptors (Lipinski definition) is 5. The average Bonchev–Trinajstić information content (AvgIpc) is 2.69. The van der Waals surface area contributed by atoms with Crippen molar-refractivity contribution in [1.29, 1.82) is 0 Å². The highest BCUT2D eigenvalue weighted by molar-refractivity contribution is 7.89. The quantitative estimate of drug-likeness (QED) is 0.678. The maximum absolute atomic E-state index is 13.2. The third-order valence-corrected chi connectivity index (χ3v) is 7.65. The normalized spacial score (nSPS) is 19.8. The monoisotopic (exact) mass is 486 g/mol. The number of morpholine rings is 1. The largest absolute Gasteiger partial charge is 0.495 e. The Morgan fingerprint density at radius 2 is 1.77 bits per heavy atom. The predicted molar refractivity (Wildman–Crippen MR) is 121 cm³/mol. The van der Waals surface area contributed by atoms with Gasteiger partial charge in [0.2, 0.25) is 10.0 Å².